The summed E-state index contributed by atoms with van der Waals surface area (Å²) in [6.07, 6.45) is 4.76. The van der Waals surface area contributed by atoms with Crippen LogP contribution >= 0.6 is 0 Å². The second-order valence-electron chi connectivity index (χ2n) is 4.84. The smallest absolute Gasteiger partial charge is 0.247 e. The van der Waals surface area contributed by atoms with E-state index in [0.717, 1.165) is 30.0 Å². The number of carbonyl (C=O) groups is 1. The van der Waals surface area contributed by atoms with Crippen molar-refractivity contribution < 1.29 is 13.2 Å². The molecule has 1 heterocycles. The van der Waals surface area contributed by atoms with E-state index >= 15 is 0 Å². The molecule has 0 aromatic carbocycles. The Morgan fingerprint density at radius 2 is 2.05 bits per heavy atom. The van der Waals surface area contributed by atoms with Crippen molar-refractivity contribution in [2.45, 2.75) is 36.6 Å². The molecule has 1 aromatic rings. The average Bonchev–Trinajstić information content (AvgIpc) is 2.89. The van der Waals surface area contributed by atoms with Gasteiger partial charge in [0.15, 0.2) is 0 Å². The number of hydrogen-bond donors (Lipinski definition) is 2. The number of hydrogen-bond acceptors (Lipinski definition) is 5. The number of rotatable bonds is 5. The number of aromatic nitrogens is 1. The first-order valence-corrected chi connectivity index (χ1v) is 7.87. The summed E-state index contributed by atoms with van der Waals surface area (Å²) in [5.74, 6) is -0.747. The molecule has 0 spiro atoms. The van der Waals surface area contributed by atoms with Crippen LogP contribution in [0.1, 0.15) is 25.7 Å². The van der Waals surface area contributed by atoms with Gasteiger partial charge in [-0.15, -0.1) is 0 Å². The minimum Gasteiger partial charge on any atom is -0.383 e. The van der Waals surface area contributed by atoms with Crippen LogP contribution in [0.2, 0.25) is 0 Å². The van der Waals surface area contributed by atoms with E-state index in [1.807, 2.05) is 0 Å². The van der Waals surface area contributed by atoms with E-state index < -0.39 is 15.9 Å². The average molecular weight is 298 g/mol. The second kappa shape index (κ2) is 5.76. The van der Waals surface area contributed by atoms with Crippen molar-refractivity contribution in [3.8, 4) is 0 Å². The van der Waals surface area contributed by atoms with Gasteiger partial charge in [-0.05, 0) is 25.0 Å². The topological polar surface area (TPSA) is 119 Å². The number of sulfonamides is 1. The third kappa shape index (κ3) is 2.91. The standard InChI is InChI=1S/C12H18N4O3S/c13-11(17)8-16(9-4-1-2-5-9)20(18,19)10-6-3-7-15-12(10)14/h3,6-7,9H,1-2,4-5,8H2,(H2,13,17)(H2,14,15). The number of anilines is 1. The summed E-state index contributed by atoms with van der Waals surface area (Å²) in [4.78, 5) is 14.9. The van der Waals surface area contributed by atoms with Crippen LogP contribution < -0.4 is 11.5 Å². The van der Waals surface area contributed by atoms with E-state index in [2.05, 4.69) is 4.98 Å². The Kier molecular flexibility index (Phi) is 4.24. The minimum atomic E-state index is -3.87. The summed E-state index contributed by atoms with van der Waals surface area (Å²) in [6, 6.07) is 2.69. The fourth-order valence-electron chi connectivity index (χ4n) is 2.50. The van der Waals surface area contributed by atoms with Crippen LogP contribution in [0.25, 0.3) is 0 Å². The van der Waals surface area contributed by atoms with Crippen LogP contribution in [0.15, 0.2) is 23.2 Å². The molecule has 2 rings (SSSR count). The SMILES string of the molecule is NC(=O)CN(C1CCCC1)S(=O)(=O)c1cccnc1N. The van der Waals surface area contributed by atoms with E-state index in [4.69, 9.17) is 11.5 Å². The van der Waals surface area contributed by atoms with Crippen molar-refractivity contribution in [1.29, 1.82) is 0 Å². The Hall–Kier alpha value is -1.67. The van der Waals surface area contributed by atoms with Crippen molar-refractivity contribution >= 4 is 21.7 Å². The van der Waals surface area contributed by atoms with Gasteiger partial charge in [-0.25, -0.2) is 13.4 Å². The van der Waals surface area contributed by atoms with E-state index in [1.54, 1.807) is 0 Å². The van der Waals surface area contributed by atoms with Gasteiger partial charge in [0, 0.05) is 12.2 Å². The molecule has 0 bridgehead atoms. The van der Waals surface area contributed by atoms with Gasteiger partial charge in [-0.2, -0.15) is 4.31 Å². The van der Waals surface area contributed by atoms with Gasteiger partial charge in [0.1, 0.15) is 10.7 Å². The lowest BCUT2D eigenvalue weighted by Gasteiger charge is -2.27. The first-order valence-electron chi connectivity index (χ1n) is 6.43. The molecule has 8 heteroatoms. The summed E-state index contributed by atoms with van der Waals surface area (Å²) in [5.41, 5.74) is 10.8. The predicted molar refractivity (Wildman–Crippen MR) is 74.0 cm³/mol. The highest BCUT2D eigenvalue weighted by atomic mass is 32.2. The lowest BCUT2D eigenvalue weighted by atomic mass is 10.2. The fourth-order valence-corrected chi connectivity index (χ4v) is 4.22. The van der Waals surface area contributed by atoms with Crippen LogP contribution in [0.4, 0.5) is 5.82 Å². The highest BCUT2D eigenvalue weighted by molar-refractivity contribution is 7.89. The summed E-state index contributed by atoms with van der Waals surface area (Å²) in [5, 5.41) is 0. The molecule has 1 aliphatic carbocycles. The third-order valence-corrected chi connectivity index (χ3v) is 5.38. The molecule has 110 valence electrons. The molecule has 1 saturated carbocycles. The Balaban J connectivity index is 2.41. The summed E-state index contributed by atoms with van der Waals surface area (Å²) in [6.45, 7) is -0.332. The Morgan fingerprint density at radius 1 is 1.40 bits per heavy atom. The molecule has 0 saturated heterocycles. The fraction of sp³-hybridized carbons (Fsp3) is 0.500. The maximum Gasteiger partial charge on any atom is 0.247 e. The van der Waals surface area contributed by atoms with E-state index in [9.17, 15) is 13.2 Å². The summed E-state index contributed by atoms with van der Waals surface area (Å²) in [7, 11) is -3.87. The molecule has 1 amide bonds. The van der Waals surface area contributed by atoms with Gasteiger partial charge in [0.05, 0.1) is 6.54 Å². The molecule has 0 unspecified atom stereocenters. The predicted octanol–water partition coefficient (Wildman–Crippen LogP) is 0.0824. The largest absolute Gasteiger partial charge is 0.383 e. The lowest BCUT2D eigenvalue weighted by Crippen LogP contribution is -2.44. The zero-order chi connectivity index (χ0) is 14.8. The number of amides is 1. The lowest BCUT2D eigenvalue weighted by molar-refractivity contribution is -0.118. The normalized spacial score (nSPS) is 16.6. The van der Waals surface area contributed by atoms with Crippen LogP contribution in [0.3, 0.4) is 0 Å². The first kappa shape index (κ1) is 14.7. The molecule has 0 radical (unpaired) electrons. The number of nitrogen functional groups attached to an aromatic ring is 1. The molecule has 0 atom stereocenters. The van der Waals surface area contributed by atoms with Crippen molar-refractivity contribution in [2.75, 3.05) is 12.3 Å². The van der Waals surface area contributed by atoms with Gasteiger partial charge in [-0.1, -0.05) is 12.8 Å². The molecular weight excluding hydrogens is 280 g/mol. The quantitative estimate of drug-likeness (QED) is 0.798. The highest BCUT2D eigenvalue weighted by Crippen LogP contribution is 2.29. The molecule has 1 aliphatic rings. The van der Waals surface area contributed by atoms with Gasteiger partial charge < -0.3 is 11.5 Å². The van der Waals surface area contributed by atoms with Crippen molar-refractivity contribution in [3.05, 3.63) is 18.3 Å². The molecular formula is C12H18N4O3S. The number of nitrogens with two attached hydrogens (primary N) is 2. The number of nitrogens with zero attached hydrogens (tertiary/aromatic N) is 2. The molecule has 1 fully saturated rings. The van der Waals surface area contributed by atoms with Gasteiger partial charge in [0.25, 0.3) is 0 Å². The first-order chi connectivity index (χ1) is 9.43. The van der Waals surface area contributed by atoms with Gasteiger partial charge in [0.2, 0.25) is 15.9 Å². The molecule has 7 nitrogen and oxygen atoms in total. The molecule has 4 N–H and O–H groups in total. The summed E-state index contributed by atoms with van der Waals surface area (Å²) >= 11 is 0. The van der Waals surface area contributed by atoms with Gasteiger partial charge >= 0.3 is 0 Å². The monoisotopic (exact) mass is 298 g/mol. The molecule has 0 aliphatic heterocycles. The zero-order valence-corrected chi connectivity index (χ0v) is 11.8. The molecule has 20 heavy (non-hydrogen) atoms. The third-order valence-electron chi connectivity index (χ3n) is 3.43. The Bertz CT molecular complexity index is 596. The van der Waals surface area contributed by atoms with E-state index in [1.165, 1.54) is 18.3 Å². The summed E-state index contributed by atoms with van der Waals surface area (Å²) < 4.78 is 26.5. The molecule has 1 aromatic heterocycles. The minimum absolute atomic E-state index is 0.0695. The highest BCUT2D eigenvalue weighted by Gasteiger charge is 2.35. The van der Waals surface area contributed by atoms with Crippen molar-refractivity contribution in [2.24, 2.45) is 5.73 Å². The second-order valence-corrected chi connectivity index (χ2v) is 6.70. The van der Waals surface area contributed by atoms with E-state index in [0.29, 0.717) is 0 Å². The Labute approximate surface area is 118 Å². The van der Waals surface area contributed by atoms with Gasteiger partial charge in [-0.3, -0.25) is 4.79 Å². The maximum atomic E-state index is 12.7. The number of primary amides is 1. The van der Waals surface area contributed by atoms with Crippen LogP contribution in [-0.2, 0) is 14.8 Å². The van der Waals surface area contributed by atoms with Crippen LogP contribution in [-0.4, -0.2) is 36.2 Å². The number of pyridine rings is 1. The Morgan fingerprint density at radius 3 is 2.60 bits per heavy atom. The van der Waals surface area contributed by atoms with Crippen molar-refractivity contribution in [1.82, 2.24) is 9.29 Å². The zero-order valence-electron chi connectivity index (χ0n) is 11.0. The van der Waals surface area contributed by atoms with E-state index in [-0.39, 0.29) is 23.3 Å². The van der Waals surface area contributed by atoms with Crippen molar-refractivity contribution in [3.63, 3.8) is 0 Å². The van der Waals surface area contributed by atoms with Crippen LogP contribution in [0.5, 0.6) is 0 Å². The number of carbonyl (C=O) groups excluding carboxylic acids is 1. The van der Waals surface area contributed by atoms with Crippen LogP contribution in [0, 0.1) is 0 Å². The maximum absolute atomic E-state index is 12.7.